The molecule has 2 aromatic rings. The summed E-state index contributed by atoms with van der Waals surface area (Å²) in [5, 5.41) is 4.36. The van der Waals surface area contributed by atoms with Crippen LogP contribution >= 0.6 is 11.8 Å². The van der Waals surface area contributed by atoms with Gasteiger partial charge in [0.1, 0.15) is 10.8 Å². The molecule has 1 N–H and O–H groups in total. The number of nitrogens with zero attached hydrogens (tertiary/aromatic N) is 4. The molecule has 0 aliphatic carbocycles. The van der Waals surface area contributed by atoms with Crippen molar-refractivity contribution >= 4 is 23.2 Å². The molecule has 0 bridgehead atoms. The second-order valence-electron chi connectivity index (χ2n) is 4.89. The molecule has 6 heteroatoms. The van der Waals surface area contributed by atoms with Crippen molar-refractivity contribution < 1.29 is 0 Å². The van der Waals surface area contributed by atoms with Crippen LogP contribution in [0.5, 0.6) is 0 Å². The van der Waals surface area contributed by atoms with E-state index in [-0.39, 0.29) is 0 Å². The minimum atomic E-state index is 0.924. The largest absolute Gasteiger partial charge is 0.369 e. The molecule has 0 aliphatic heterocycles. The third kappa shape index (κ3) is 4.35. The third-order valence-electron chi connectivity index (χ3n) is 3.44. The van der Waals surface area contributed by atoms with Crippen LogP contribution in [0.2, 0.25) is 0 Å². The molecular weight excluding hydrogens is 282 g/mol. The predicted molar refractivity (Wildman–Crippen MR) is 90.3 cm³/mol. The molecule has 2 rings (SSSR count). The van der Waals surface area contributed by atoms with Crippen molar-refractivity contribution in [1.29, 1.82) is 0 Å². The van der Waals surface area contributed by atoms with Crippen molar-refractivity contribution in [2.24, 2.45) is 0 Å². The van der Waals surface area contributed by atoms with E-state index in [2.05, 4.69) is 36.0 Å². The van der Waals surface area contributed by atoms with E-state index in [1.807, 2.05) is 23.0 Å². The van der Waals surface area contributed by atoms with Gasteiger partial charge < -0.3 is 14.6 Å². The molecular formula is C15H25N5S. The highest BCUT2D eigenvalue weighted by molar-refractivity contribution is 7.99. The molecule has 0 unspecified atom stereocenters. The molecule has 0 aromatic carbocycles. The monoisotopic (exact) mass is 307 g/mol. The number of fused-ring (bicyclic) bond motifs is 1. The minimum absolute atomic E-state index is 0.924. The maximum Gasteiger partial charge on any atom is 0.169 e. The number of aromatic nitrogens is 3. The van der Waals surface area contributed by atoms with Crippen LogP contribution in [0, 0.1) is 0 Å². The van der Waals surface area contributed by atoms with Crippen molar-refractivity contribution in [1.82, 2.24) is 19.3 Å². The number of rotatable bonds is 9. The quantitative estimate of drug-likeness (QED) is 0.722. The average Bonchev–Trinajstić information content (AvgIpc) is 2.98. The molecule has 116 valence electrons. The van der Waals surface area contributed by atoms with Crippen molar-refractivity contribution in [3.05, 3.63) is 18.6 Å². The lowest BCUT2D eigenvalue weighted by Gasteiger charge is -2.17. The number of hydrogen-bond donors (Lipinski definition) is 1. The molecule has 21 heavy (non-hydrogen) atoms. The van der Waals surface area contributed by atoms with Crippen LogP contribution in [0.15, 0.2) is 23.6 Å². The lowest BCUT2D eigenvalue weighted by molar-refractivity contribution is 0.324. The molecule has 2 aromatic heterocycles. The van der Waals surface area contributed by atoms with Gasteiger partial charge in [-0.1, -0.05) is 20.8 Å². The zero-order valence-electron chi connectivity index (χ0n) is 13.2. The van der Waals surface area contributed by atoms with Gasteiger partial charge in [0, 0.05) is 31.2 Å². The molecule has 0 saturated carbocycles. The fraction of sp³-hybridized carbons (Fsp3) is 0.600. The van der Waals surface area contributed by atoms with Crippen LogP contribution in [0.3, 0.4) is 0 Å². The maximum atomic E-state index is 4.71. The Labute approximate surface area is 131 Å². The summed E-state index contributed by atoms with van der Waals surface area (Å²) in [6.07, 6.45) is 6.90. The fourth-order valence-corrected chi connectivity index (χ4v) is 3.14. The fourth-order valence-electron chi connectivity index (χ4n) is 2.15. The van der Waals surface area contributed by atoms with Gasteiger partial charge in [-0.05, 0) is 19.5 Å². The first-order valence-electron chi connectivity index (χ1n) is 7.71. The van der Waals surface area contributed by atoms with E-state index in [1.54, 1.807) is 11.8 Å². The molecule has 0 aliphatic rings. The van der Waals surface area contributed by atoms with E-state index in [0.717, 1.165) is 54.8 Å². The summed E-state index contributed by atoms with van der Waals surface area (Å²) in [5.41, 5.74) is 0.946. The SMILES string of the molecule is CCCNc1cn2ccnc2c(SCCN(CC)CC)n1. The van der Waals surface area contributed by atoms with Crippen molar-refractivity contribution in [3.63, 3.8) is 0 Å². The summed E-state index contributed by atoms with van der Waals surface area (Å²) >= 11 is 1.79. The van der Waals surface area contributed by atoms with E-state index in [0.29, 0.717) is 0 Å². The summed E-state index contributed by atoms with van der Waals surface area (Å²) in [7, 11) is 0. The highest BCUT2D eigenvalue weighted by atomic mass is 32.2. The Morgan fingerprint density at radius 2 is 2.10 bits per heavy atom. The molecule has 2 heterocycles. The van der Waals surface area contributed by atoms with Crippen molar-refractivity contribution in [2.75, 3.05) is 37.2 Å². The first-order chi connectivity index (χ1) is 10.3. The van der Waals surface area contributed by atoms with Gasteiger partial charge in [0.05, 0.1) is 6.20 Å². The van der Waals surface area contributed by atoms with Crippen LogP contribution in [-0.4, -0.2) is 51.2 Å². The summed E-state index contributed by atoms with van der Waals surface area (Å²) in [5.74, 6) is 1.96. The van der Waals surface area contributed by atoms with Gasteiger partial charge in [-0.25, -0.2) is 9.97 Å². The molecule has 0 radical (unpaired) electrons. The highest BCUT2D eigenvalue weighted by Crippen LogP contribution is 2.22. The van der Waals surface area contributed by atoms with Crippen LogP contribution in [0.4, 0.5) is 5.82 Å². The Morgan fingerprint density at radius 1 is 1.29 bits per heavy atom. The third-order valence-corrected chi connectivity index (χ3v) is 4.37. The summed E-state index contributed by atoms with van der Waals surface area (Å²) < 4.78 is 2.05. The van der Waals surface area contributed by atoms with E-state index in [9.17, 15) is 0 Å². The van der Waals surface area contributed by atoms with Crippen LogP contribution in [0.1, 0.15) is 27.2 Å². The maximum absolute atomic E-state index is 4.71. The average molecular weight is 307 g/mol. The Kier molecular flexibility index (Phi) is 6.32. The van der Waals surface area contributed by atoms with E-state index in [4.69, 9.17) is 4.98 Å². The zero-order valence-corrected chi connectivity index (χ0v) is 14.0. The number of nitrogens with one attached hydrogen (secondary N) is 1. The Bertz CT molecular complexity index is 550. The minimum Gasteiger partial charge on any atom is -0.369 e. The number of hydrogen-bond acceptors (Lipinski definition) is 5. The Morgan fingerprint density at radius 3 is 2.81 bits per heavy atom. The van der Waals surface area contributed by atoms with E-state index >= 15 is 0 Å². The number of imidazole rings is 1. The second kappa shape index (κ2) is 8.24. The normalized spacial score (nSPS) is 11.4. The van der Waals surface area contributed by atoms with Gasteiger partial charge in [-0.15, -0.1) is 11.8 Å². The van der Waals surface area contributed by atoms with Gasteiger partial charge in [0.15, 0.2) is 5.65 Å². The van der Waals surface area contributed by atoms with Crippen LogP contribution in [0.25, 0.3) is 5.65 Å². The predicted octanol–water partition coefficient (Wildman–Crippen LogP) is 2.99. The van der Waals surface area contributed by atoms with Crippen LogP contribution < -0.4 is 5.32 Å². The topological polar surface area (TPSA) is 45.5 Å². The van der Waals surface area contributed by atoms with Gasteiger partial charge in [-0.2, -0.15) is 0 Å². The number of thioether (sulfide) groups is 1. The van der Waals surface area contributed by atoms with Gasteiger partial charge in [-0.3, -0.25) is 0 Å². The Balaban J connectivity index is 2.07. The van der Waals surface area contributed by atoms with E-state index < -0.39 is 0 Å². The second-order valence-corrected chi connectivity index (χ2v) is 5.98. The van der Waals surface area contributed by atoms with Crippen LogP contribution in [-0.2, 0) is 0 Å². The van der Waals surface area contributed by atoms with Gasteiger partial charge >= 0.3 is 0 Å². The molecule has 0 fully saturated rings. The van der Waals surface area contributed by atoms with Crippen molar-refractivity contribution in [2.45, 2.75) is 32.2 Å². The van der Waals surface area contributed by atoms with Gasteiger partial charge in [0.2, 0.25) is 0 Å². The highest BCUT2D eigenvalue weighted by Gasteiger charge is 2.09. The summed E-state index contributed by atoms with van der Waals surface area (Å²) in [6, 6.07) is 0. The van der Waals surface area contributed by atoms with Crippen molar-refractivity contribution in [3.8, 4) is 0 Å². The first kappa shape index (κ1) is 16.1. The van der Waals surface area contributed by atoms with E-state index in [1.165, 1.54) is 0 Å². The molecule has 0 saturated heterocycles. The molecule has 0 atom stereocenters. The number of anilines is 1. The van der Waals surface area contributed by atoms with Gasteiger partial charge in [0.25, 0.3) is 0 Å². The standard InChI is InChI=1S/C15H25N5S/c1-4-7-16-13-12-20-9-8-17-14(20)15(18-13)21-11-10-19(5-2)6-3/h8-9,12,16H,4-7,10-11H2,1-3H3. The Hall–Kier alpha value is -1.27. The zero-order chi connectivity index (χ0) is 15.1. The molecule has 5 nitrogen and oxygen atoms in total. The lowest BCUT2D eigenvalue weighted by Crippen LogP contribution is -2.25. The summed E-state index contributed by atoms with van der Waals surface area (Å²) in [4.78, 5) is 11.6. The first-order valence-corrected chi connectivity index (χ1v) is 8.69. The molecule has 0 spiro atoms. The smallest absolute Gasteiger partial charge is 0.169 e. The molecule has 0 amide bonds. The lowest BCUT2D eigenvalue weighted by atomic mass is 10.5. The summed E-state index contributed by atoms with van der Waals surface area (Å²) in [6.45, 7) is 10.8.